The fourth-order valence-electron chi connectivity index (χ4n) is 0.738. The number of rotatable bonds is 1. The molecule has 2 nitrogen and oxygen atoms in total. The first-order valence-corrected chi connectivity index (χ1v) is 4.56. The Morgan fingerprint density at radius 1 is 1.64 bits per heavy atom. The molecule has 11 heavy (non-hydrogen) atoms. The zero-order valence-electron chi connectivity index (χ0n) is 6.38. The summed E-state index contributed by atoms with van der Waals surface area (Å²) in [5.74, 6) is 0.331. The molecule has 60 valence electrons. The molecule has 0 fully saturated rings. The van der Waals surface area contributed by atoms with Crippen molar-refractivity contribution in [3.63, 3.8) is 0 Å². The summed E-state index contributed by atoms with van der Waals surface area (Å²) in [4.78, 5) is 13.6. The van der Waals surface area contributed by atoms with Crippen LogP contribution in [0.4, 0.5) is 0 Å². The molecule has 0 bridgehead atoms. The first-order chi connectivity index (χ1) is 5.09. The number of aromatic nitrogens is 1. The van der Waals surface area contributed by atoms with E-state index in [1.165, 1.54) is 0 Å². The molecule has 0 atom stereocenters. The van der Waals surface area contributed by atoms with Crippen LogP contribution in [0.2, 0.25) is 0 Å². The lowest BCUT2D eigenvalue weighted by molar-refractivity contribution is 0.821. The Kier molecular flexibility index (Phi) is 2.57. The molecule has 0 aromatic carbocycles. The van der Waals surface area contributed by atoms with Gasteiger partial charge in [-0.3, -0.25) is 4.79 Å². The van der Waals surface area contributed by atoms with Crippen LogP contribution < -0.4 is 4.87 Å². The SMILES string of the molecule is CC(C)c1cc(=S)sc(=O)[nH]1. The molecular formula is C7H9NOS2. The minimum atomic E-state index is -0.0683. The standard InChI is InChI=1S/C7H9NOS2/c1-4(2)5-3-6(10)11-7(9)8-5/h3-4H,1-2H3,(H,8,9). The van der Waals surface area contributed by atoms with Crippen LogP contribution in [0, 0.1) is 3.82 Å². The van der Waals surface area contributed by atoms with E-state index < -0.39 is 0 Å². The van der Waals surface area contributed by atoms with Gasteiger partial charge in [-0.15, -0.1) is 0 Å². The summed E-state index contributed by atoms with van der Waals surface area (Å²) in [6.07, 6.45) is 0. The van der Waals surface area contributed by atoms with Gasteiger partial charge in [0.25, 0.3) is 0 Å². The Balaban J connectivity index is 3.30. The van der Waals surface area contributed by atoms with Crippen LogP contribution in [0.1, 0.15) is 25.5 Å². The number of nitrogens with one attached hydrogen (secondary N) is 1. The van der Waals surface area contributed by atoms with Crippen molar-refractivity contribution >= 4 is 23.6 Å². The van der Waals surface area contributed by atoms with Gasteiger partial charge in [0.15, 0.2) is 0 Å². The minimum absolute atomic E-state index is 0.0683. The van der Waals surface area contributed by atoms with Crippen LogP contribution in [0.3, 0.4) is 0 Å². The molecule has 1 aromatic rings. The summed E-state index contributed by atoms with van der Waals surface area (Å²) in [7, 11) is 0. The monoisotopic (exact) mass is 187 g/mol. The van der Waals surface area contributed by atoms with Crippen molar-refractivity contribution < 1.29 is 0 Å². The predicted molar refractivity (Wildman–Crippen MR) is 49.9 cm³/mol. The molecule has 0 spiro atoms. The lowest BCUT2D eigenvalue weighted by atomic mass is 10.1. The predicted octanol–water partition coefficient (Wildman–Crippen LogP) is 2.29. The highest BCUT2D eigenvalue weighted by atomic mass is 32.1. The van der Waals surface area contributed by atoms with Gasteiger partial charge in [0.05, 0.1) is 3.82 Å². The molecule has 1 rings (SSSR count). The van der Waals surface area contributed by atoms with Crippen LogP contribution in [0.15, 0.2) is 10.9 Å². The molecule has 0 unspecified atom stereocenters. The minimum Gasteiger partial charge on any atom is -0.317 e. The van der Waals surface area contributed by atoms with Crippen molar-refractivity contribution in [3.8, 4) is 0 Å². The quantitative estimate of drug-likeness (QED) is 0.684. The average molecular weight is 187 g/mol. The van der Waals surface area contributed by atoms with Crippen LogP contribution in [-0.2, 0) is 0 Å². The number of H-pyrrole nitrogens is 1. The second kappa shape index (κ2) is 3.28. The summed E-state index contributed by atoms with van der Waals surface area (Å²) in [6, 6.07) is 1.84. The molecule has 0 aliphatic rings. The van der Waals surface area contributed by atoms with E-state index in [0.29, 0.717) is 9.74 Å². The van der Waals surface area contributed by atoms with E-state index in [9.17, 15) is 4.79 Å². The maximum atomic E-state index is 10.9. The van der Waals surface area contributed by atoms with Crippen molar-refractivity contribution in [2.24, 2.45) is 0 Å². The highest BCUT2D eigenvalue weighted by Gasteiger charge is 1.99. The molecule has 0 saturated carbocycles. The third kappa shape index (κ3) is 2.24. The highest BCUT2D eigenvalue weighted by Crippen LogP contribution is 2.09. The van der Waals surface area contributed by atoms with Crippen molar-refractivity contribution in [1.29, 1.82) is 0 Å². The molecule has 1 N–H and O–H groups in total. The number of aromatic amines is 1. The van der Waals surface area contributed by atoms with Crippen molar-refractivity contribution in [2.45, 2.75) is 19.8 Å². The van der Waals surface area contributed by atoms with E-state index >= 15 is 0 Å². The molecule has 0 amide bonds. The van der Waals surface area contributed by atoms with Crippen LogP contribution >= 0.6 is 23.6 Å². The molecule has 0 radical (unpaired) electrons. The van der Waals surface area contributed by atoms with E-state index in [1.807, 2.05) is 19.9 Å². The lowest BCUT2D eigenvalue weighted by Gasteiger charge is -2.01. The maximum absolute atomic E-state index is 10.9. The van der Waals surface area contributed by atoms with Crippen molar-refractivity contribution in [1.82, 2.24) is 4.98 Å². The molecule has 0 saturated heterocycles. The number of hydrogen-bond donors (Lipinski definition) is 1. The Morgan fingerprint density at radius 2 is 2.27 bits per heavy atom. The Labute approximate surface area is 73.9 Å². The van der Waals surface area contributed by atoms with Gasteiger partial charge in [-0.1, -0.05) is 37.4 Å². The van der Waals surface area contributed by atoms with Gasteiger partial charge in [-0.25, -0.2) is 0 Å². The first-order valence-electron chi connectivity index (χ1n) is 3.34. The summed E-state index contributed by atoms with van der Waals surface area (Å²) in [5, 5.41) is 0. The summed E-state index contributed by atoms with van der Waals surface area (Å²) >= 11 is 5.97. The van der Waals surface area contributed by atoms with E-state index in [2.05, 4.69) is 4.98 Å². The van der Waals surface area contributed by atoms with Crippen molar-refractivity contribution in [3.05, 3.63) is 25.3 Å². The third-order valence-electron chi connectivity index (χ3n) is 1.34. The lowest BCUT2D eigenvalue weighted by Crippen LogP contribution is -2.04. The van der Waals surface area contributed by atoms with Gasteiger partial charge in [0.2, 0.25) is 0 Å². The van der Waals surface area contributed by atoms with Gasteiger partial charge in [0, 0.05) is 5.69 Å². The molecular weight excluding hydrogens is 178 g/mol. The maximum Gasteiger partial charge on any atom is 0.305 e. The zero-order valence-corrected chi connectivity index (χ0v) is 8.01. The summed E-state index contributed by atoms with van der Waals surface area (Å²) < 4.78 is 0.650. The number of hydrogen-bond acceptors (Lipinski definition) is 3. The summed E-state index contributed by atoms with van der Waals surface area (Å²) in [5.41, 5.74) is 0.916. The van der Waals surface area contributed by atoms with Crippen LogP contribution in [0.25, 0.3) is 0 Å². The van der Waals surface area contributed by atoms with E-state index in [0.717, 1.165) is 17.0 Å². The largest absolute Gasteiger partial charge is 0.317 e. The normalized spacial score (nSPS) is 10.5. The van der Waals surface area contributed by atoms with Gasteiger partial charge in [-0.05, 0) is 12.0 Å². The van der Waals surface area contributed by atoms with Gasteiger partial charge >= 0.3 is 4.87 Å². The fraction of sp³-hybridized carbons (Fsp3) is 0.429. The highest BCUT2D eigenvalue weighted by molar-refractivity contribution is 7.73. The van der Waals surface area contributed by atoms with Gasteiger partial charge in [0.1, 0.15) is 0 Å². The fourth-order valence-corrected chi connectivity index (χ4v) is 1.63. The molecule has 0 aliphatic heterocycles. The molecule has 1 heterocycles. The smallest absolute Gasteiger partial charge is 0.305 e. The van der Waals surface area contributed by atoms with E-state index in [-0.39, 0.29) is 4.87 Å². The Bertz CT molecular complexity index is 322. The zero-order chi connectivity index (χ0) is 8.43. The molecule has 0 aliphatic carbocycles. The third-order valence-corrected chi connectivity index (χ3v) is 2.31. The topological polar surface area (TPSA) is 32.9 Å². The van der Waals surface area contributed by atoms with Crippen molar-refractivity contribution in [2.75, 3.05) is 0 Å². The van der Waals surface area contributed by atoms with Crippen LogP contribution in [0.5, 0.6) is 0 Å². The molecule has 1 aromatic heterocycles. The van der Waals surface area contributed by atoms with Crippen LogP contribution in [-0.4, -0.2) is 4.98 Å². The second-order valence-electron chi connectivity index (χ2n) is 2.59. The summed E-state index contributed by atoms with van der Waals surface area (Å²) in [6.45, 7) is 4.04. The molecule has 4 heteroatoms. The van der Waals surface area contributed by atoms with Gasteiger partial charge < -0.3 is 4.98 Å². The van der Waals surface area contributed by atoms with E-state index in [4.69, 9.17) is 12.2 Å². The Hall–Kier alpha value is -0.480. The second-order valence-corrected chi connectivity index (χ2v) is 4.30. The first kappa shape index (κ1) is 8.62. The Morgan fingerprint density at radius 3 is 2.73 bits per heavy atom. The van der Waals surface area contributed by atoms with Gasteiger partial charge in [-0.2, -0.15) is 0 Å². The average Bonchev–Trinajstić information content (AvgIpc) is 1.85. The van der Waals surface area contributed by atoms with E-state index in [1.54, 1.807) is 0 Å².